The van der Waals surface area contributed by atoms with Crippen molar-refractivity contribution in [3.8, 4) is 6.07 Å². The molecule has 118 valence electrons. The number of aliphatic carboxylic acids is 1. The van der Waals surface area contributed by atoms with Crippen molar-refractivity contribution < 1.29 is 14.7 Å². The van der Waals surface area contributed by atoms with E-state index in [9.17, 15) is 14.9 Å². The summed E-state index contributed by atoms with van der Waals surface area (Å²) >= 11 is 1.15. The summed E-state index contributed by atoms with van der Waals surface area (Å²) in [7, 11) is 1.67. The van der Waals surface area contributed by atoms with Crippen molar-refractivity contribution in [1.82, 2.24) is 4.90 Å². The molecule has 0 spiro atoms. The van der Waals surface area contributed by atoms with Crippen LogP contribution in [0.3, 0.4) is 0 Å². The highest BCUT2D eigenvalue weighted by molar-refractivity contribution is 8.01. The van der Waals surface area contributed by atoms with Gasteiger partial charge in [0.15, 0.2) is 0 Å². The highest BCUT2D eigenvalue weighted by atomic mass is 32.2. The van der Waals surface area contributed by atoms with Gasteiger partial charge in [0.05, 0.1) is 11.8 Å². The van der Waals surface area contributed by atoms with Crippen LogP contribution in [0.25, 0.3) is 0 Å². The SMILES string of the molecule is CC(C)C(SCC(=O)N(C)C1(C#N)CCCCC1)C(=O)O. The molecular weight excluding hydrogens is 288 g/mol. The Morgan fingerprint density at radius 2 is 1.90 bits per heavy atom. The molecule has 0 heterocycles. The Morgan fingerprint density at radius 3 is 2.33 bits per heavy atom. The van der Waals surface area contributed by atoms with E-state index in [0.717, 1.165) is 31.0 Å². The van der Waals surface area contributed by atoms with Crippen LogP contribution >= 0.6 is 11.8 Å². The van der Waals surface area contributed by atoms with Crippen molar-refractivity contribution >= 4 is 23.6 Å². The molecule has 0 aromatic carbocycles. The molecule has 0 aliphatic heterocycles. The molecule has 1 saturated carbocycles. The van der Waals surface area contributed by atoms with Crippen molar-refractivity contribution in [1.29, 1.82) is 5.26 Å². The molecule has 1 aliphatic carbocycles. The summed E-state index contributed by atoms with van der Waals surface area (Å²) in [4.78, 5) is 25.0. The summed E-state index contributed by atoms with van der Waals surface area (Å²) < 4.78 is 0. The summed E-state index contributed by atoms with van der Waals surface area (Å²) in [5.74, 6) is -0.978. The van der Waals surface area contributed by atoms with E-state index < -0.39 is 16.8 Å². The zero-order valence-corrected chi connectivity index (χ0v) is 13.8. The van der Waals surface area contributed by atoms with E-state index in [1.807, 2.05) is 13.8 Å². The number of hydrogen-bond acceptors (Lipinski definition) is 4. The van der Waals surface area contributed by atoms with Gasteiger partial charge in [-0.25, -0.2) is 0 Å². The lowest BCUT2D eigenvalue weighted by atomic mass is 9.81. The number of nitriles is 1. The fourth-order valence-corrected chi connectivity index (χ4v) is 3.75. The van der Waals surface area contributed by atoms with E-state index >= 15 is 0 Å². The summed E-state index contributed by atoms with van der Waals surface area (Å²) in [5, 5.41) is 18.0. The minimum Gasteiger partial charge on any atom is -0.480 e. The van der Waals surface area contributed by atoms with Gasteiger partial charge in [-0.3, -0.25) is 9.59 Å². The van der Waals surface area contributed by atoms with Crippen molar-refractivity contribution in [2.75, 3.05) is 12.8 Å². The van der Waals surface area contributed by atoms with Crippen LogP contribution in [-0.4, -0.2) is 45.5 Å². The molecule has 1 unspecified atom stereocenters. The lowest BCUT2D eigenvalue weighted by molar-refractivity contribution is -0.137. The average molecular weight is 312 g/mol. The van der Waals surface area contributed by atoms with Crippen LogP contribution < -0.4 is 0 Å². The van der Waals surface area contributed by atoms with Crippen LogP contribution in [0.2, 0.25) is 0 Å². The highest BCUT2D eigenvalue weighted by Crippen LogP contribution is 2.33. The maximum atomic E-state index is 12.3. The minimum absolute atomic E-state index is 0.0368. The Balaban J connectivity index is 2.66. The molecule has 5 nitrogen and oxygen atoms in total. The van der Waals surface area contributed by atoms with Crippen LogP contribution in [0.4, 0.5) is 0 Å². The van der Waals surface area contributed by atoms with E-state index in [2.05, 4.69) is 6.07 Å². The Morgan fingerprint density at radius 1 is 1.33 bits per heavy atom. The molecule has 6 heteroatoms. The summed E-state index contributed by atoms with van der Waals surface area (Å²) in [5.41, 5.74) is -0.702. The van der Waals surface area contributed by atoms with Gasteiger partial charge in [-0.1, -0.05) is 33.1 Å². The molecule has 1 fully saturated rings. The number of amides is 1. The predicted octanol–water partition coefficient (Wildman–Crippen LogP) is 2.51. The van der Waals surface area contributed by atoms with Gasteiger partial charge >= 0.3 is 5.97 Å². The van der Waals surface area contributed by atoms with Crippen molar-refractivity contribution in [3.63, 3.8) is 0 Å². The second-order valence-corrected chi connectivity index (χ2v) is 7.10. The molecule has 1 rings (SSSR count). The van der Waals surface area contributed by atoms with Crippen LogP contribution in [-0.2, 0) is 9.59 Å². The smallest absolute Gasteiger partial charge is 0.316 e. The largest absolute Gasteiger partial charge is 0.480 e. The molecule has 21 heavy (non-hydrogen) atoms. The summed E-state index contributed by atoms with van der Waals surface area (Å²) in [6.45, 7) is 3.66. The lowest BCUT2D eigenvalue weighted by Crippen LogP contribution is -2.50. The Labute approximate surface area is 130 Å². The maximum absolute atomic E-state index is 12.3. The van der Waals surface area contributed by atoms with Gasteiger partial charge in [-0.05, 0) is 18.8 Å². The topological polar surface area (TPSA) is 81.4 Å². The third kappa shape index (κ3) is 4.37. The standard InChI is InChI=1S/C15H24N2O3S/c1-11(2)13(14(19)20)21-9-12(18)17(3)15(10-16)7-5-4-6-8-15/h11,13H,4-9H2,1-3H3,(H,19,20). The van der Waals surface area contributed by atoms with Gasteiger partial charge < -0.3 is 10.0 Å². The average Bonchev–Trinajstić information content (AvgIpc) is 2.46. The van der Waals surface area contributed by atoms with Crippen LogP contribution in [0.5, 0.6) is 0 Å². The van der Waals surface area contributed by atoms with E-state index in [1.165, 1.54) is 0 Å². The summed E-state index contributed by atoms with van der Waals surface area (Å²) in [6, 6.07) is 2.31. The van der Waals surface area contributed by atoms with Crippen LogP contribution in [0.1, 0.15) is 46.0 Å². The Bertz CT molecular complexity index is 425. The van der Waals surface area contributed by atoms with Gasteiger partial charge in [0.1, 0.15) is 10.8 Å². The van der Waals surface area contributed by atoms with Crippen molar-refractivity contribution in [2.45, 2.75) is 56.7 Å². The first-order valence-corrected chi connectivity index (χ1v) is 8.41. The molecule has 0 bridgehead atoms. The lowest BCUT2D eigenvalue weighted by Gasteiger charge is -2.39. The number of rotatable bonds is 6. The molecule has 0 aromatic heterocycles. The first-order valence-electron chi connectivity index (χ1n) is 7.36. The summed E-state index contributed by atoms with van der Waals surface area (Å²) in [6.07, 6.45) is 4.45. The quantitative estimate of drug-likeness (QED) is 0.815. The third-order valence-electron chi connectivity index (χ3n) is 4.14. The number of carbonyl (C=O) groups excluding carboxylic acids is 1. The van der Waals surface area contributed by atoms with Gasteiger partial charge in [0, 0.05) is 7.05 Å². The fourth-order valence-electron chi connectivity index (χ4n) is 2.70. The zero-order chi connectivity index (χ0) is 16.0. The van der Waals surface area contributed by atoms with Crippen LogP contribution in [0, 0.1) is 17.2 Å². The maximum Gasteiger partial charge on any atom is 0.316 e. The third-order valence-corrected chi connectivity index (χ3v) is 5.66. The zero-order valence-electron chi connectivity index (χ0n) is 13.0. The van der Waals surface area contributed by atoms with Gasteiger partial charge in [-0.15, -0.1) is 11.8 Å². The van der Waals surface area contributed by atoms with Crippen LogP contribution in [0.15, 0.2) is 0 Å². The predicted molar refractivity (Wildman–Crippen MR) is 82.9 cm³/mol. The second-order valence-electron chi connectivity index (χ2n) is 5.97. The molecular formula is C15H24N2O3S. The van der Waals surface area contributed by atoms with E-state index in [-0.39, 0.29) is 17.6 Å². The first-order chi connectivity index (χ1) is 9.84. The fraction of sp³-hybridized carbons (Fsp3) is 0.800. The molecule has 0 saturated heterocycles. The van der Waals surface area contributed by atoms with Gasteiger partial charge in [0.25, 0.3) is 0 Å². The molecule has 1 N–H and O–H groups in total. The van der Waals surface area contributed by atoms with E-state index in [4.69, 9.17) is 5.11 Å². The van der Waals surface area contributed by atoms with Crippen molar-refractivity contribution in [3.05, 3.63) is 0 Å². The number of carbonyl (C=O) groups is 2. The molecule has 0 radical (unpaired) electrons. The number of thioether (sulfide) groups is 1. The van der Waals surface area contributed by atoms with E-state index in [0.29, 0.717) is 12.8 Å². The normalized spacial score (nSPS) is 18.8. The second kappa shape index (κ2) is 7.69. The molecule has 1 amide bonds. The Kier molecular flexibility index (Phi) is 6.53. The Hall–Kier alpha value is -1.22. The minimum atomic E-state index is -0.891. The molecule has 1 atom stereocenters. The molecule has 1 aliphatic rings. The monoisotopic (exact) mass is 312 g/mol. The molecule has 0 aromatic rings. The number of carboxylic acids is 1. The van der Waals surface area contributed by atoms with Gasteiger partial charge in [-0.2, -0.15) is 5.26 Å². The van der Waals surface area contributed by atoms with Crippen molar-refractivity contribution in [2.24, 2.45) is 5.92 Å². The van der Waals surface area contributed by atoms with E-state index in [1.54, 1.807) is 11.9 Å². The highest BCUT2D eigenvalue weighted by Gasteiger charge is 2.39. The number of hydrogen-bond donors (Lipinski definition) is 1. The first kappa shape index (κ1) is 17.8. The number of nitrogens with zero attached hydrogens (tertiary/aromatic N) is 2. The van der Waals surface area contributed by atoms with Gasteiger partial charge in [0.2, 0.25) is 5.91 Å². The number of carboxylic acid groups (broad SMARTS) is 1.